The normalized spacial score (nSPS) is 14.5. The summed E-state index contributed by atoms with van der Waals surface area (Å²) in [7, 11) is 0. The molecule has 1 saturated heterocycles. The topological polar surface area (TPSA) is 8.17 Å². The van der Waals surface area contributed by atoms with Crippen LogP contribution in [0.2, 0.25) is 0 Å². The number of hydrogen-bond acceptors (Lipinski definition) is 1. The molecular formula is C21H22N2S. The van der Waals surface area contributed by atoms with Gasteiger partial charge in [0.25, 0.3) is 0 Å². The number of nitrogens with zero attached hydrogens (tertiary/aromatic N) is 2. The van der Waals surface area contributed by atoms with Gasteiger partial charge in [0.15, 0.2) is 0 Å². The molecule has 122 valence electrons. The summed E-state index contributed by atoms with van der Waals surface area (Å²) in [5.41, 5.74) is 4.91. The first-order valence-electron chi connectivity index (χ1n) is 8.63. The lowest BCUT2D eigenvalue weighted by Crippen LogP contribution is -2.27. The van der Waals surface area contributed by atoms with Crippen LogP contribution in [0.4, 0.5) is 0 Å². The van der Waals surface area contributed by atoms with Crippen LogP contribution in [0.3, 0.4) is 0 Å². The van der Waals surface area contributed by atoms with Gasteiger partial charge in [0.2, 0.25) is 0 Å². The highest BCUT2D eigenvalue weighted by atomic mass is 32.1. The summed E-state index contributed by atoms with van der Waals surface area (Å²) >= 11 is 5.80. The third-order valence-electron chi connectivity index (χ3n) is 5.06. The number of thiocarbonyl (C=S) groups is 1. The summed E-state index contributed by atoms with van der Waals surface area (Å²) in [4.78, 5) is 3.36. The standard InChI is InChI=1S/C21H22N2S/c1-15-14-19(21(24)22-12-5-6-13-22)16(2)23(15)20-11-7-9-17-8-3-4-10-18(17)20/h3-4,7-11,14H,5-6,12-13H2,1-2H3. The Morgan fingerprint density at radius 3 is 2.46 bits per heavy atom. The van der Waals surface area contributed by atoms with E-state index in [9.17, 15) is 0 Å². The molecule has 0 bridgehead atoms. The molecule has 1 aliphatic rings. The summed E-state index contributed by atoms with van der Waals surface area (Å²) in [6.45, 7) is 6.55. The highest BCUT2D eigenvalue weighted by Crippen LogP contribution is 2.28. The molecule has 2 nitrogen and oxygen atoms in total. The maximum absolute atomic E-state index is 5.80. The Hall–Kier alpha value is -2.13. The predicted molar refractivity (Wildman–Crippen MR) is 105 cm³/mol. The summed E-state index contributed by atoms with van der Waals surface area (Å²) in [5.74, 6) is 0. The first kappa shape index (κ1) is 15.4. The van der Waals surface area contributed by atoms with E-state index in [1.54, 1.807) is 0 Å². The van der Waals surface area contributed by atoms with E-state index in [4.69, 9.17) is 12.2 Å². The molecule has 0 aliphatic carbocycles. The second kappa shape index (κ2) is 6.06. The SMILES string of the molecule is Cc1cc(C(=S)N2CCCC2)c(C)n1-c1cccc2ccccc12. The fourth-order valence-corrected chi connectivity index (χ4v) is 4.23. The van der Waals surface area contributed by atoms with Gasteiger partial charge in [0.1, 0.15) is 4.99 Å². The van der Waals surface area contributed by atoms with Gasteiger partial charge in [0.05, 0.1) is 5.69 Å². The number of aromatic nitrogens is 1. The van der Waals surface area contributed by atoms with Crippen LogP contribution < -0.4 is 0 Å². The Bertz CT molecular complexity index is 911. The monoisotopic (exact) mass is 334 g/mol. The van der Waals surface area contributed by atoms with Gasteiger partial charge in [-0.05, 0) is 44.2 Å². The van der Waals surface area contributed by atoms with Crippen molar-refractivity contribution >= 4 is 28.0 Å². The van der Waals surface area contributed by atoms with Crippen molar-refractivity contribution in [1.29, 1.82) is 0 Å². The van der Waals surface area contributed by atoms with Crippen molar-refractivity contribution in [2.75, 3.05) is 13.1 Å². The van der Waals surface area contributed by atoms with Gasteiger partial charge < -0.3 is 9.47 Å². The van der Waals surface area contributed by atoms with Crippen molar-refractivity contribution in [1.82, 2.24) is 9.47 Å². The fraction of sp³-hybridized carbons (Fsp3) is 0.286. The second-order valence-corrected chi connectivity index (χ2v) is 7.00. The number of rotatable bonds is 2. The van der Waals surface area contributed by atoms with E-state index in [-0.39, 0.29) is 0 Å². The third-order valence-corrected chi connectivity index (χ3v) is 5.54. The molecule has 3 heteroatoms. The minimum absolute atomic E-state index is 1.01. The lowest BCUT2D eigenvalue weighted by atomic mass is 10.1. The largest absolute Gasteiger partial charge is 0.362 e. The minimum atomic E-state index is 1.01. The van der Waals surface area contributed by atoms with Crippen LogP contribution in [-0.4, -0.2) is 27.5 Å². The van der Waals surface area contributed by atoms with Crippen LogP contribution >= 0.6 is 12.2 Å². The zero-order chi connectivity index (χ0) is 16.7. The van der Waals surface area contributed by atoms with Gasteiger partial charge in [-0.15, -0.1) is 0 Å². The lowest BCUT2D eigenvalue weighted by Gasteiger charge is -2.19. The molecule has 0 atom stereocenters. The van der Waals surface area contributed by atoms with E-state index in [2.05, 4.69) is 71.8 Å². The van der Waals surface area contributed by atoms with Gasteiger partial charge in [-0.2, -0.15) is 0 Å². The smallest absolute Gasteiger partial charge is 0.111 e. The van der Waals surface area contributed by atoms with Gasteiger partial charge in [-0.3, -0.25) is 0 Å². The van der Waals surface area contributed by atoms with Gasteiger partial charge >= 0.3 is 0 Å². The first-order chi connectivity index (χ1) is 11.7. The zero-order valence-corrected chi connectivity index (χ0v) is 15.1. The molecule has 1 fully saturated rings. The van der Waals surface area contributed by atoms with Gasteiger partial charge in [0, 0.05) is 35.4 Å². The van der Waals surface area contributed by atoms with Crippen LogP contribution in [-0.2, 0) is 0 Å². The van der Waals surface area contributed by atoms with Crippen LogP contribution in [0.1, 0.15) is 29.8 Å². The number of hydrogen-bond donors (Lipinski definition) is 0. The average molecular weight is 334 g/mol. The molecular weight excluding hydrogens is 312 g/mol. The molecule has 24 heavy (non-hydrogen) atoms. The van der Waals surface area contributed by atoms with Crippen molar-refractivity contribution in [2.45, 2.75) is 26.7 Å². The molecule has 0 unspecified atom stereocenters. The summed E-state index contributed by atoms with van der Waals surface area (Å²) in [5, 5.41) is 2.55. The molecule has 3 aromatic rings. The maximum atomic E-state index is 5.80. The summed E-state index contributed by atoms with van der Waals surface area (Å²) in [6, 6.07) is 17.3. The van der Waals surface area contributed by atoms with Gasteiger partial charge in [-0.25, -0.2) is 0 Å². The van der Waals surface area contributed by atoms with E-state index in [1.807, 2.05) is 0 Å². The maximum Gasteiger partial charge on any atom is 0.111 e. The fourth-order valence-electron chi connectivity index (χ4n) is 3.84. The van der Waals surface area contributed by atoms with Crippen LogP contribution in [0.25, 0.3) is 16.5 Å². The summed E-state index contributed by atoms with van der Waals surface area (Å²) in [6.07, 6.45) is 2.50. The Kier molecular flexibility index (Phi) is 3.89. The number of likely N-dealkylation sites (tertiary alicyclic amines) is 1. The molecule has 1 aliphatic heterocycles. The Labute approximate surface area is 148 Å². The van der Waals surface area contributed by atoms with E-state index < -0.39 is 0 Å². The van der Waals surface area contributed by atoms with Crippen LogP contribution in [0, 0.1) is 13.8 Å². The molecule has 0 radical (unpaired) electrons. The van der Waals surface area contributed by atoms with E-state index >= 15 is 0 Å². The van der Waals surface area contributed by atoms with Crippen molar-refractivity contribution < 1.29 is 0 Å². The molecule has 0 N–H and O–H groups in total. The van der Waals surface area contributed by atoms with Crippen molar-refractivity contribution in [3.63, 3.8) is 0 Å². The summed E-state index contributed by atoms with van der Waals surface area (Å²) < 4.78 is 2.35. The molecule has 1 aromatic heterocycles. The first-order valence-corrected chi connectivity index (χ1v) is 9.04. The van der Waals surface area contributed by atoms with Crippen molar-refractivity contribution in [3.05, 3.63) is 65.5 Å². The molecule has 0 spiro atoms. The third kappa shape index (κ3) is 2.44. The molecule has 0 saturated carbocycles. The van der Waals surface area contributed by atoms with Gasteiger partial charge in [-0.1, -0.05) is 48.6 Å². The molecule has 2 aromatic carbocycles. The van der Waals surface area contributed by atoms with E-state index in [0.717, 1.165) is 18.1 Å². The van der Waals surface area contributed by atoms with E-state index in [1.165, 1.54) is 46.3 Å². The number of aryl methyl sites for hydroxylation is 1. The average Bonchev–Trinajstić information content (AvgIpc) is 3.23. The molecule has 2 heterocycles. The molecule has 4 rings (SSSR count). The number of fused-ring (bicyclic) bond motifs is 1. The Balaban J connectivity index is 1.85. The van der Waals surface area contributed by atoms with E-state index in [0.29, 0.717) is 0 Å². The quantitative estimate of drug-likeness (QED) is 0.608. The second-order valence-electron chi connectivity index (χ2n) is 6.62. The molecule has 0 amide bonds. The highest BCUT2D eigenvalue weighted by molar-refractivity contribution is 7.80. The zero-order valence-electron chi connectivity index (χ0n) is 14.2. The minimum Gasteiger partial charge on any atom is -0.362 e. The van der Waals surface area contributed by atoms with Crippen molar-refractivity contribution in [2.24, 2.45) is 0 Å². The van der Waals surface area contributed by atoms with Crippen LogP contribution in [0.5, 0.6) is 0 Å². The number of benzene rings is 2. The predicted octanol–water partition coefficient (Wildman–Crippen LogP) is 5.02. The highest BCUT2D eigenvalue weighted by Gasteiger charge is 2.21. The van der Waals surface area contributed by atoms with Crippen molar-refractivity contribution in [3.8, 4) is 5.69 Å². The lowest BCUT2D eigenvalue weighted by molar-refractivity contribution is 0.530. The Morgan fingerprint density at radius 2 is 1.67 bits per heavy atom. The Morgan fingerprint density at radius 1 is 0.958 bits per heavy atom. The van der Waals surface area contributed by atoms with Crippen LogP contribution in [0.15, 0.2) is 48.5 Å².